The number of para-hydroxylation sites is 1. The molecule has 3 rings (SSSR count). The molecule has 0 aliphatic heterocycles. The van der Waals surface area contributed by atoms with Crippen LogP contribution in [-0.2, 0) is 6.42 Å². The SMILES string of the molecule is C[C@H](Cc1c[nH]cn1)/N=C(/c1ccccc1)c1ccccc1O. The van der Waals surface area contributed by atoms with Gasteiger partial charge in [-0.05, 0) is 19.1 Å². The van der Waals surface area contributed by atoms with Crippen LogP contribution in [0, 0.1) is 0 Å². The van der Waals surface area contributed by atoms with Crippen LogP contribution in [0.15, 0.2) is 72.1 Å². The Balaban J connectivity index is 1.98. The van der Waals surface area contributed by atoms with Gasteiger partial charge in [0, 0.05) is 23.7 Å². The number of nitrogens with one attached hydrogen (secondary N) is 1. The molecule has 0 aliphatic carbocycles. The Kier molecular flexibility index (Phi) is 4.52. The summed E-state index contributed by atoms with van der Waals surface area (Å²) in [4.78, 5) is 12.1. The number of benzene rings is 2. The molecule has 0 fully saturated rings. The highest BCUT2D eigenvalue weighted by Crippen LogP contribution is 2.21. The van der Waals surface area contributed by atoms with E-state index in [1.165, 1.54) is 0 Å². The molecular formula is C19H19N3O. The standard InChI is InChI=1S/C19H19N3O/c1-14(11-16-12-20-13-21-16)22-19(15-7-3-2-4-8-15)17-9-5-6-10-18(17)23/h2-10,12-14,23H,11H2,1H3,(H,20,21)/b22-19-/t14-/m1/s1. The van der Waals surface area contributed by atoms with Crippen LogP contribution in [-0.4, -0.2) is 26.8 Å². The Morgan fingerprint density at radius 1 is 1.13 bits per heavy atom. The Bertz CT molecular complexity index is 779. The lowest BCUT2D eigenvalue weighted by Crippen LogP contribution is -2.11. The predicted octanol–water partition coefficient (Wildman–Crippen LogP) is 3.58. The first-order valence-corrected chi connectivity index (χ1v) is 7.63. The van der Waals surface area contributed by atoms with Crippen molar-refractivity contribution in [3.8, 4) is 5.75 Å². The molecule has 4 heteroatoms. The maximum atomic E-state index is 10.2. The summed E-state index contributed by atoms with van der Waals surface area (Å²) >= 11 is 0. The van der Waals surface area contributed by atoms with Crippen LogP contribution in [0.2, 0.25) is 0 Å². The molecule has 1 aromatic heterocycles. The van der Waals surface area contributed by atoms with E-state index in [4.69, 9.17) is 4.99 Å². The van der Waals surface area contributed by atoms with Crippen molar-refractivity contribution in [3.63, 3.8) is 0 Å². The lowest BCUT2D eigenvalue weighted by molar-refractivity contribution is 0.474. The lowest BCUT2D eigenvalue weighted by Gasteiger charge is -2.12. The van der Waals surface area contributed by atoms with E-state index < -0.39 is 0 Å². The molecule has 3 aromatic rings. The maximum Gasteiger partial charge on any atom is 0.124 e. The fraction of sp³-hybridized carbons (Fsp3) is 0.158. The number of aromatic hydroxyl groups is 1. The number of phenolic OH excluding ortho intramolecular Hbond substituents is 1. The summed E-state index contributed by atoms with van der Waals surface area (Å²) in [6, 6.07) is 17.3. The predicted molar refractivity (Wildman–Crippen MR) is 91.9 cm³/mol. The molecule has 0 saturated carbocycles. The molecule has 2 N–H and O–H groups in total. The molecule has 0 amide bonds. The van der Waals surface area contributed by atoms with E-state index in [0.29, 0.717) is 0 Å². The van der Waals surface area contributed by atoms with E-state index in [-0.39, 0.29) is 11.8 Å². The first kappa shape index (κ1) is 15.0. The molecule has 2 aromatic carbocycles. The highest BCUT2D eigenvalue weighted by molar-refractivity contribution is 6.14. The van der Waals surface area contributed by atoms with Crippen LogP contribution in [0.3, 0.4) is 0 Å². The van der Waals surface area contributed by atoms with Gasteiger partial charge < -0.3 is 10.1 Å². The summed E-state index contributed by atoms with van der Waals surface area (Å²) in [5, 5.41) is 10.2. The van der Waals surface area contributed by atoms with Crippen molar-refractivity contribution in [2.45, 2.75) is 19.4 Å². The minimum atomic E-state index is 0.0492. The van der Waals surface area contributed by atoms with E-state index in [9.17, 15) is 5.11 Å². The van der Waals surface area contributed by atoms with E-state index in [1.54, 1.807) is 12.4 Å². The molecule has 4 nitrogen and oxygen atoms in total. The zero-order valence-corrected chi connectivity index (χ0v) is 13.0. The van der Waals surface area contributed by atoms with Gasteiger partial charge >= 0.3 is 0 Å². The molecule has 0 bridgehead atoms. The van der Waals surface area contributed by atoms with E-state index in [2.05, 4.69) is 16.9 Å². The zero-order chi connectivity index (χ0) is 16.1. The second-order valence-corrected chi connectivity index (χ2v) is 5.47. The van der Waals surface area contributed by atoms with Crippen molar-refractivity contribution in [2.24, 2.45) is 4.99 Å². The van der Waals surface area contributed by atoms with Gasteiger partial charge in [-0.15, -0.1) is 0 Å². The van der Waals surface area contributed by atoms with Gasteiger partial charge in [-0.3, -0.25) is 4.99 Å². The van der Waals surface area contributed by atoms with Crippen LogP contribution in [0.4, 0.5) is 0 Å². The van der Waals surface area contributed by atoms with Crippen molar-refractivity contribution in [1.29, 1.82) is 0 Å². The van der Waals surface area contributed by atoms with Crippen LogP contribution in [0.1, 0.15) is 23.7 Å². The van der Waals surface area contributed by atoms with Crippen molar-refractivity contribution < 1.29 is 5.11 Å². The normalized spacial score (nSPS) is 13.0. The van der Waals surface area contributed by atoms with Crippen molar-refractivity contribution in [2.75, 3.05) is 0 Å². The molecule has 0 aliphatic rings. The quantitative estimate of drug-likeness (QED) is 0.708. The number of hydrogen-bond acceptors (Lipinski definition) is 3. The summed E-state index contributed by atoms with van der Waals surface area (Å²) in [5.41, 5.74) is 3.51. The Morgan fingerprint density at radius 2 is 1.87 bits per heavy atom. The fourth-order valence-electron chi connectivity index (χ4n) is 2.54. The van der Waals surface area contributed by atoms with E-state index in [0.717, 1.165) is 29.0 Å². The minimum Gasteiger partial charge on any atom is -0.507 e. The largest absolute Gasteiger partial charge is 0.507 e. The molecule has 23 heavy (non-hydrogen) atoms. The Hall–Kier alpha value is -2.88. The van der Waals surface area contributed by atoms with Gasteiger partial charge in [0.25, 0.3) is 0 Å². The number of phenols is 1. The van der Waals surface area contributed by atoms with Gasteiger partial charge in [0.05, 0.1) is 23.8 Å². The van der Waals surface area contributed by atoms with Crippen LogP contribution in [0.5, 0.6) is 5.75 Å². The molecule has 0 unspecified atom stereocenters. The van der Waals surface area contributed by atoms with Crippen LogP contribution >= 0.6 is 0 Å². The maximum absolute atomic E-state index is 10.2. The van der Waals surface area contributed by atoms with Gasteiger partial charge in [-0.25, -0.2) is 4.98 Å². The third kappa shape index (κ3) is 3.66. The van der Waals surface area contributed by atoms with Crippen LogP contribution in [0.25, 0.3) is 0 Å². The van der Waals surface area contributed by atoms with Gasteiger partial charge in [0.2, 0.25) is 0 Å². The number of nitrogens with zero attached hydrogens (tertiary/aromatic N) is 2. The first-order valence-electron chi connectivity index (χ1n) is 7.63. The van der Waals surface area contributed by atoms with Gasteiger partial charge in [-0.2, -0.15) is 0 Å². The van der Waals surface area contributed by atoms with E-state index >= 15 is 0 Å². The zero-order valence-electron chi connectivity index (χ0n) is 13.0. The molecule has 0 radical (unpaired) electrons. The highest BCUT2D eigenvalue weighted by Gasteiger charge is 2.13. The smallest absolute Gasteiger partial charge is 0.124 e. The van der Waals surface area contributed by atoms with Gasteiger partial charge in [0.15, 0.2) is 0 Å². The third-order valence-corrected chi connectivity index (χ3v) is 3.62. The molecule has 1 heterocycles. The average molecular weight is 305 g/mol. The number of H-pyrrole nitrogens is 1. The lowest BCUT2D eigenvalue weighted by atomic mass is 10.0. The average Bonchev–Trinajstić information content (AvgIpc) is 3.07. The highest BCUT2D eigenvalue weighted by atomic mass is 16.3. The Labute approximate surface area is 135 Å². The molecule has 1 atom stereocenters. The number of aliphatic imine (C=N–C) groups is 1. The molecular weight excluding hydrogens is 286 g/mol. The molecule has 0 saturated heterocycles. The number of imidazole rings is 1. The Morgan fingerprint density at radius 3 is 2.57 bits per heavy atom. The first-order chi connectivity index (χ1) is 11.2. The van der Waals surface area contributed by atoms with Gasteiger partial charge in [-0.1, -0.05) is 42.5 Å². The summed E-state index contributed by atoms with van der Waals surface area (Å²) < 4.78 is 0. The fourth-order valence-corrected chi connectivity index (χ4v) is 2.54. The second kappa shape index (κ2) is 6.92. The van der Waals surface area contributed by atoms with Gasteiger partial charge in [0.1, 0.15) is 5.75 Å². The van der Waals surface area contributed by atoms with E-state index in [1.807, 2.05) is 54.7 Å². The minimum absolute atomic E-state index is 0.0492. The topological polar surface area (TPSA) is 61.3 Å². The number of hydrogen-bond donors (Lipinski definition) is 2. The van der Waals surface area contributed by atoms with Crippen molar-refractivity contribution in [3.05, 3.63) is 83.9 Å². The third-order valence-electron chi connectivity index (χ3n) is 3.62. The van der Waals surface area contributed by atoms with Crippen molar-refractivity contribution in [1.82, 2.24) is 9.97 Å². The summed E-state index contributed by atoms with van der Waals surface area (Å²) in [7, 11) is 0. The summed E-state index contributed by atoms with van der Waals surface area (Å²) in [6.45, 7) is 2.05. The monoisotopic (exact) mass is 305 g/mol. The number of rotatable bonds is 5. The summed E-state index contributed by atoms with van der Waals surface area (Å²) in [5.74, 6) is 0.238. The summed E-state index contributed by atoms with van der Waals surface area (Å²) in [6.07, 6.45) is 4.30. The molecule has 116 valence electrons. The van der Waals surface area contributed by atoms with Crippen molar-refractivity contribution >= 4 is 5.71 Å². The second-order valence-electron chi connectivity index (χ2n) is 5.47. The molecule has 0 spiro atoms. The van der Waals surface area contributed by atoms with Crippen LogP contribution < -0.4 is 0 Å². The number of aromatic amines is 1. The number of aromatic nitrogens is 2.